The molecule has 1 saturated carbocycles. The van der Waals surface area contributed by atoms with Crippen molar-refractivity contribution >= 4 is 0 Å². The zero-order valence-electron chi connectivity index (χ0n) is 10.8. The van der Waals surface area contributed by atoms with Crippen molar-refractivity contribution in [3.05, 3.63) is 29.3 Å². The van der Waals surface area contributed by atoms with E-state index < -0.39 is 0 Å². The van der Waals surface area contributed by atoms with Gasteiger partial charge < -0.3 is 10.1 Å². The van der Waals surface area contributed by atoms with E-state index in [0.717, 1.165) is 12.3 Å². The van der Waals surface area contributed by atoms with E-state index in [1.54, 1.807) is 7.11 Å². The third-order valence-electron chi connectivity index (χ3n) is 4.68. The fourth-order valence-electron chi connectivity index (χ4n) is 3.58. The Hall–Kier alpha value is -1.02. The molecule has 1 aromatic carbocycles. The molecule has 0 saturated heterocycles. The van der Waals surface area contributed by atoms with Gasteiger partial charge in [-0.3, -0.25) is 0 Å². The summed E-state index contributed by atoms with van der Waals surface area (Å²) in [5.41, 5.74) is 3.27. The van der Waals surface area contributed by atoms with E-state index in [0.29, 0.717) is 11.5 Å². The van der Waals surface area contributed by atoms with Crippen LogP contribution in [0, 0.1) is 0 Å². The molecule has 3 rings (SSSR count). The molecular formula is C15H21NO. The van der Waals surface area contributed by atoms with Crippen molar-refractivity contribution in [2.24, 2.45) is 0 Å². The molecule has 0 unspecified atom stereocenters. The van der Waals surface area contributed by atoms with Crippen molar-refractivity contribution in [2.45, 2.75) is 50.6 Å². The highest BCUT2D eigenvalue weighted by atomic mass is 16.5. The molecule has 0 bridgehead atoms. The summed E-state index contributed by atoms with van der Waals surface area (Å²) in [6, 6.07) is 7.20. The molecule has 1 aromatic rings. The van der Waals surface area contributed by atoms with Gasteiger partial charge in [-0.1, -0.05) is 25.8 Å². The molecule has 2 aliphatic rings. The molecule has 92 valence electrons. The van der Waals surface area contributed by atoms with Gasteiger partial charge in [-0.15, -0.1) is 0 Å². The zero-order valence-corrected chi connectivity index (χ0v) is 10.8. The topological polar surface area (TPSA) is 21.3 Å². The summed E-state index contributed by atoms with van der Waals surface area (Å²) in [6.07, 6.45) is 5.33. The average molecular weight is 231 g/mol. The molecule has 0 radical (unpaired) electrons. The first-order chi connectivity index (χ1) is 8.24. The number of fused-ring (bicyclic) bond motifs is 3. The smallest absolute Gasteiger partial charge is 0.119 e. The number of nitrogens with one attached hydrogen (secondary N) is 1. The molecule has 1 aliphatic heterocycles. The quantitative estimate of drug-likeness (QED) is 0.802. The van der Waals surface area contributed by atoms with Gasteiger partial charge in [-0.25, -0.2) is 0 Å². The van der Waals surface area contributed by atoms with Crippen LogP contribution in [-0.2, 0) is 12.0 Å². The maximum atomic E-state index is 5.38. The Balaban J connectivity index is 2.08. The molecule has 17 heavy (non-hydrogen) atoms. The first kappa shape index (κ1) is 11.1. The highest BCUT2D eigenvalue weighted by Gasteiger charge is 2.41. The summed E-state index contributed by atoms with van der Waals surface area (Å²) in [7, 11) is 1.75. The average Bonchev–Trinajstić information content (AvgIpc) is 2.38. The number of rotatable bonds is 1. The van der Waals surface area contributed by atoms with E-state index in [9.17, 15) is 0 Å². The van der Waals surface area contributed by atoms with Crippen LogP contribution in [0.5, 0.6) is 5.75 Å². The molecule has 2 heteroatoms. The van der Waals surface area contributed by atoms with Gasteiger partial charge in [-0.05, 0) is 36.1 Å². The first-order valence-corrected chi connectivity index (χ1v) is 6.65. The summed E-state index contributed by atoms with van der Waals surface area (Å²) in [4.78, 5) is 0. The SMILES string of the molecule is COc1ccc2c(c1)[C@@]1(C)CCCC[C@H]1NC2. The van der Waals surface area contributed by atoms with Crippen molar-refractivity contribution in [3.8, 4) is 5.75 Å². The lowest BCUT2D eigenvalue weighted by molar-refractivity contribution is 0.211. The second-order valence-electron chi connectivity index (χ2n) is 5.62. The van der Waals surface area contributed by atoms with Gasteiger partial charge in [0.15, 0.2) is 0 Å². The summed E-state index contributed by atoms with van der Waals surface area (Å²) >= 11 is 0. The normalized spacial score (nSPS) is 31.5. The van der Waals surface area contributed by atoms with Crippen molar-refractivity contribution in [3.63, 3.8) is 0 Å². The number of benzene rings is 1. The second-order valence-corrected chi connectivity index (χ2v) is 5.62. The van der Waals surface area contributed by atoms with Crippen molar-refractivity contribution in [2.75, 3.05) is 7.11 Å². The fourth-order valence-corrected chi connectivity index (χ4v) is 3.58. The summed E-state index contributed by atoms with van der Waals surface area (Å²) in [6.45, 7) is 3.43. The summed E-state index contributed by atoms with van der Waals surface area (Å²) in [5, 5.41) is 3.71. The number of hydrogen-bond donors (Lipinski definition) is 1. The molecule has 0 aromatic heterocycles. The van der Waals surface area contributed by atoms with Gasteiger partial charge in [-0.2, -0.15) is 0 Å². The molecule has 1 aliphatic carbocycles. The Morgan fingerprint density at radius 3 is 3.06 bits per heavy atom. The maximum absolute atomic E-state index is 5.38. The van der Waals surface area contributed by atoms with Gasteiger partial charge >= 0.3 is 0 Å². The Kier molecular flexibility index (Phi) is 2.62. The van der Waals surface area contributed by atoms with E-state index in [-0.39, 0.29) is 0 Å². The first-order valence-electron chi connectivity index (χ1n) is 6.65. The van der Waals surface area contributed by atoms with Crippen molar-refractivity contribution in [1.29, 1.82) is 0 Å². The highest BCUT2D eigenvalue weighted by Crippen LogP contribution is 2.44. The predicted molar refractivity (Wildman–Crippen MR) is 69.4 cm³/mol. The standard InChI is InChI=1S/C15H21NO/c1-15-8-4-3-5-14(15)16-10-11-6-7-12(17-2)9-13(11)15/h6-7,9,14,16H,3-5,8,10H2,1-2H3/t14-,15-/m1/s1. The number of ether oxygens (including phenoxy) is 1. The lowest BCUT2D eigenvalue weighted by Crippen LogP contribution is -2.52. The number of hydrogen-bond acceptors (Lipinski definition) is 2. The van der Waals surface area contributed by atoms with E-state index in [4.69, 9.17) is 4.74 Å². The van der Waals surface area contributed by atoms with Crippen LogP contribution in [0.15, 0.2) is 18.2 Å². The molecule has 0 amide bonds. The van der Waals surface area contributed by atoms with Crippen LogP contribution < -0.4 is 10.1 Å². The second kappa shape index (κ2) is 4.02. The summed E-state index contributed by atoms with van der Waals surface area (Å²) < 4.78 is 5.38. The van der Waals surface area contributed by atoms with Crippen LogP contribution >= 0.6 is 0 Å². The van der Waals surface area contributed by atoms with E-state index >= 15 is 0 Å². The van der Waals surface area contributed by atoms with E-state index in [1.807, 2.05) is 0 Å². The number of methoxy groups -OCH3 is 1. The van der Waals surface area contributed by atoms with Gasteiger partial charge in [0.1, 0.15) is 5.75 Å². The van der Waals surface area contributed by atoms with Crippen LogP contribution in [0.4, 0.5) is 0 Å². The molecule has 1 N–H and O–H groups in total. The maximum Gasteiger partial charge on any atom is 0.119 e. The van der Waals surface area contributed by atoms with Gasteiger partial charge in [0.2, 0.25) is 0 Å². The lowest BCUT2D eigenvalue weighted by atomic mass is 9.64. The van der Waals surface area contributed by atoms with Crippen LogP contribution in [-0.4, -0.2) is 13.2 Å². The van der Waals surface area contributed by atoms with Gasteiger partial charge in [0.05, 0.1) is 7.11 Å². The highest BCUT2D eigenvalue weighted by molar-refractivity contribution is 5.43. The van der Waals surface area contributed by atoms with Crippen molar-refractivity contribution < 1.29 is 4.74 Å². The van der Waals surface area contributed by atoms with Gasteiger partial charge in [0.25, 0.3) is 0 Å². The lowest BCUT2D eigenvalue weighted by Gasteiger charge is -2.47. The molecule has 0 spiro atoms. The van der Waals surface area contributed by atoms with E-state index in [1.165, 1.54) is 36.8 Å². The Morgan fingerprint density at radius 1 is 1.35 bits per heavy atom. The zero-order chi connectivity index (χ0) is 11.9. The Morgan fingerprint density at radius 2 is 2.24 bits per heavy atom. The molecule has 2 nitrogen and oxygen atoms in total. The Bertz CT molecular complexity index is 429. The van der Waals surface area contributed by atoms with Crippen LogP contribution in [0.3, 0.4) is 0 Å². The van der Waals surface area contributed by atoms with E-state index in [2.05, 4.69) is 30.4 Å². The Labute approximate surface area is 103 Å². The monoisotopic (exact) mass is 231 g/mol. The molecule has 2 atom stereocenters. The molecule has 1 fully saturated rings. The minimum atomic E-state index is 0.306. The van der Waals surface area contributed by atoms with Crippen molar-refractivity contribution in [1.82, 2.24) is 5.32 Å². The third kappa shape index (κ3) is 1.66. The fraction of sp³-hybridized carbons (Fsp3) is 0.600. The minimum absolute atomic E-state index is 0.306. The largest absolute Gasteiger partial charge is 0.497 e. The third-order valence-corrected chi connectivity index (χ3v) is 4.68. The van der Waals surface area contributed by atoms with Gasteiger partial charge in [0, 0.05) is 18.0 Å². The molecule has 1 heterocycles. The van der Waals surface area contributed by atoms with Crippen LogP contribution in [0.2, 0.25) is 0 Å². The summed E-state index contributed by atoms with van der Waals surface area (Å²) in [5.74, 6) is 0.996. The predicted octanol–water partition coefficient (Wildman–Crippen LogP) is 3.00. The van der Waals surface area contributed by atoms with Crippen LogP contribution in [0.1, 0.15) is 43.7 Å². The van der Waals surface area contributed by atoms with Crippen LogP contribution in [0.25, 0.3) is 0 Å². The minimum Gasteiger partial charge on any atom is -0.497 e. The molecular weight excluding hydrogens is 210 g/mol.